The molecule has 1 aromatic carbocycles. The van der Waals surface area contributed by atoms with Crippen LogP contribution in [0.2, 0.25) is 23.4 Å². The van der Waals surface area contributed by atoms with Gasteiger partial charge < -0.3 is 28.1 Å². The number of esters is 1. The molecule has 2 amide bonds. The van der Waals surface area contributed by atoms with Gasteiger partial charge in [-0.25, -0.2) is 19.4 Å². The van der Waals surface area contributed by atoms with Crippen LogP contribution >= 0.6 is 11.6 Å². The fourth-order valence-electron chi connectivity index (χ4n) is 5.94. The van der Waals surface area contributed by atoms with Crippen LogP contribution in [0.25, 0.3) is 11.2 Å². The van der Waals surface area contributed by atoms with E-state index in [2.05, 4.69) is 48.8 Å². The van der Waals surface area contributed by atoms with Gasteiger partial charge in [-0.1, -0.05) is 58.0 Å². The van der Waals surface area contributed by atoms with Crippen molar-refractivity contribution in [3.63, 3.8) is 0 Å². The molecule has 1 aliphatic rings. The van der Waals surface area contributed by atoms with Crippen LogP contribution in [0, 0.1) is 5.92 Å². The van der Waals surface area contributed by atoms with Gasteiger partial charge in [0, 0.05) is 12.3 Å². The Morgan fingerprint density at radius 3 is 2.02 bits per heavy atom. The third-order valence-corrected chi connectivity index (χ3v) is 14.6. The van der Waals surface area contributed by atoms with Gasteiger partial charge in [-0.05, 0) is 90.7 Å². The number of halogens is 1. The minimum absolute atomic E-state index is 0.0268. The molecule has 314 valence electrons. The van der Waals surface area contributed by atoms with Crippen molar-refractivity contribution in [3.05, 3.63) is 47.5 Å². The second-order valence-electron chi connectivity index (χ2n) is 17.8. The molecule has 0 N–H and O–H groups in total. The van der Waals surface area contributed by atoms with E-state index in [-0.39, 0.29) is 52.9 Å². The molecule has 1 aliphatic heterocycles. The van der Waals surface area contributed by atoms with E-state index in [0.29, 0.717) is 10.5 Å². The smallest absolute Gasteiger partial charge is 0.425 e. The fraction of sp³-hybridized carbons (Fsp3) is 0.625. The first kappa shape index (κ1) is 45.7. The molecule has 15 nitrogen and oxygen atoms in total. The number of ether oxygens (including phenoxy) is 5. The summed E-state index contributed by atoms with van der Waals surface area (Å²) in [6, 6.07) is 9.10. The van der Waals surface area contributed by atoms with E-state index in [1.165, 1.54) is 13.3 Å². The summed E-state index contributed by atoms with van der Waals surface area (Å²) in [7, 11) is -2.51. The van der Waals surface area contributed by atoms with Gasteiger partial charge in [0.15, 0.2) is 37.3 Å². The number of nitrogens with zero attached hydrogens (tertiary/aromatic N) is 5. The number of amides is 2. The molecule has 0 spiro atoms. The molecular weight excluding hydrogens is 774 g/mol. The highest BCUT2D eigenvalue weighted by Gasteiger charge is 2.52. The minimum Gasteiger partial charge on any atom is -0.463 e. The maximum atomic E-state index is 13.7. The summed E-state index contributed by atoms with van der Waals surface area (Å²) in [6.45, 7) is 25.3. The monoisotopic (exact) mass is 831 g/mol. The highest BCUT2D eigenvalue weighted by molar-refractivity contribution is 6.74. The van der Waals surface area contributed by atoms with E-state index >= 15 is 0 Å². The maximum Gasteiger partial charge on any atom is 0.425 e. The van der Waals surface area contributed by atoms with Crippen molar-refractivity contribution < 1.29 is 47.3 Å². The van der Waals surface area contributed by atoms with Crippen LogP contribution < -0.4 is 4.90 Å². The molecule has 4 rings (SSSR count). The SMILES string of the molecule is CCOC(=O)C(Cc1ccccc1)(OC[C@H]1O[C@@H](n2cnc3c(N(C(=O)OC(C)(C)C)C(=O)OC(C)(C)C)nc(Cl)nc32)[C@H](O[Si](C)(C)C(C)(C)C)[C@@H]1C)C(C)=O. The number of imide groups is 1. The zero-order valence-electron chi connectivity index (χ0n) is 35.6. The Morgan fingerprint density at radius 2 is 1.51 bits per heavy atom. The number of carbonyl (C=O) groups is 4. The lowest BCUT2D eigenvalue weighted by Crippen LogP contribution is -2.52. The summed E-state index contributed by atoms with van der Waals surface area (Å²) in [4.78, 5) is 68.3. The van der Waals surface area contributed by atoms with Crippen LogP contribution in [-0.4, -0.2) is 94.0 Å². The molecule has 3 aromatic rings. The highest BCUT2D eigenvalue weighted by atomic mass is 35.5. The molecule has 1 fully saturated rings. The van der Waals surface area contributed by atoms with E-state index in [4.69, 9.17) is 39.7 Å². The van der Waals surface area contributed by atoms with Gasteiger partial charge in [-0.2, -0.15) is 14.9 Å². The van der Waals surface area contributed by atoms with Crippen molar-refractivity contribution in [1.29, 1.82) is 0 Å². The number of ketones is 1. The molecule has 2 aromatic heterocycles. The Kier molecular flexibility index (Phi) is 13.7. The quantitative estimate of drug-likeness (QED) is 0.0563. The van der Waals surface area contributed by atoms with E-state index in [1.807, 2.05) is 37.3 Å². The average molecular weight is 832 g/mol. The van der Waals surface area contributed by atoms with Crippen LogP contribution in [0.1, 0.15) is 94.9 Å². The molecule has 5 atom stereocenters. The second kappa shape index (κ2) is 17.1. The Bertz CT molecular complexity index is 1910. The molecule has 0 aliphatic carbocycles. The number of Topliss-reactive ketones (excluding diaryl/α,β-unsaturated/α-hetero) is 1. The Balaban J connectivity index is 1.84. The molecular formula is C40H58ClN5O10Si. The lowest BCUT2D eigenvalue weighted by molar-refractivity contribution is -0.182. The van der Waals surface area contributed by atoms with Crippen molar-refractivity contribution in [3.8, 4) is 0 Å². The number of imidazole rings is 1. The van der Waals surface area contributed by atoms with Gasteiger partial charge in [-0.3, -0.25) is 9.36 Å². The standard InChI is InChI=1S/C40H58ClN5O10Si/c1-15-51-33(48)40(25(3)47,21-26-19-17-16-18-20-26)52-22-27-24(2)29(56-57(13,14)39(10,11)12)32(53-27)45-23-42-28-30(45)43-34(41)44-31(28)46(35(49)54-37(4,5)6)36(50)55-38(7,8)9/h16-20,23-24,27,29,32H,15,21-22H2,1-14H3/t24-,27-,29-,32-,40?/m1/s1. The van der Waals surface area contributed by atoms with Gasteiger partial charge in [0.25, 0.3) is 0 Å². The van der Waals surface area contributed by atoms with Crippen molar-refractivity contribution in [2.45, 2.75) is 143 Å². The topological polar surface area (TPSA) is 171 Å². The number of fused-ring (bicyclic) bond motifs is 1. The summed E-state index contributed by atoms with van der Waals surface area (Å²) in [5.41, 5.74) is -3.06. The highest BCUT2D eigenvalue weighted by Crippen LogP contribution is 2.45. The Hall–Kier alpha value is -3.96. The molecule has 57 heavy (non-hydrogen) atoms. The number of hydrogen-bond acceptors (Lipinski definition) is 13. The number of carbonyl (C=O) groups excluding carboxylic acids is 4. The summed E-state index contributed by atoms with van der Waals surface area (Å²) < 4.78 is 38.4. The number of rotatable bonds is 12. The molecule has 0 saturated carbocycles. The fourth-order valence-corrected chi connectivity index (χ4v) is 7.46. The Labute approximate surface area is 341 Å². The maximum absolute atomic E-state index is 13.7. The zero-order valence-corrected chi connectivity index (χ0v) is 37.3. The van der Waals surface area contributed by atoms with Gasteiger partial charge in [-0.15, -0.1) is 0 Å². The molecule has 17 heteroatoms. The van der Waals surface area contributed by atoms with Crippen LogP contribution in [-0.2, 0) is 44.1 Å². The molecule has 0 radical (unpaired) electrons. The summed E-state index contributed by atoms with van der Waals surface area (Å²) in [5, 5.41) is -0.502. The first-order valence-corrected chi connectivity index (χ1v) is 22.4. The van der Waals surface area contributed by atoms with Crippen molar-refractivity contribution in [2.75, 3.05) is 18.1 Å². The average Bonchev–Trinajstić information content (AvgIpc) is 3.61. The number of aromatic nitrogens is 4. The van der Waals surface area contributed by atoms with Gasteiger partial charge >= 0.3 is 18.2 Å². The van der Waals surface area contributed by atoms with Crippen molar-refractivity contribution in [2.24, 2.45) is 5.92 Å². The number of hydrogen-bond donors (Lipinski definition) is 0. The lowest BCUT2D eigenvalue weighted by Gasteiger charge is -2.40. The first-order valence-electron chi connectivity index (χ1n) is 19.1. The Morgan fingerprint density at radius 1 is 0.930 bits per heavy atom. The second-order valence-corrected chi connectivity index (χ2v) is 22.9. The first-order chi connectivity index (χ1) is 26.2. The number of anilines is 1. The van der Waals surface area contributed by atoms with E-state index in [1.54, 1.807) is 53.0 Å². The van der Waals surface area contributed by atoms with Crippen molar-refractivity contribution >= 4 is 60.8 Å². The number of benzene rings is 1. The third-order valence-electron chi connectivity index (χ3n) is 9.91. The summed E-state index contributed by atoms with van der Waals surface area (Å²) >= 11 is 6.54. The molecule has 3 heterocycles. The third kappa shape index (κ3) is 10.6. The van der Waals surface area contributed by atoms with E-state index < -0.39 is 67.5 Å². The minimum atomic E-state index is -2.51. The predicted molar refractivity (Wildman–Crippen MR) is 217 cm³/mol. The van der Waals surface area contributed by atoms with E-state index in [0.717, 1.165) is 0 Å². The summed E-state index contributed by atoms with van der Waals surface area (Å²) in [5.74, 6) is -1.94. The normalized spacial score (nSPS) is 20.2. The van der Waals surface area contributed by atoms with Gasteiger partial charge in [0.2, 0.25) is 10.9 Å². The van der Waals surface area contributed by atoms with Crippen LogP contribution in [0.4, 0.5) is 15.4 Å². The van der Waals surface area contributed by atoms with Crippen molar-refractivity contribution in [1.82, 2.24) is 19.5 Å². The van der Waals surface area contributed by atoms with Crippen LogP contribution in [0.3, 0.4) is 0 Å². The molecule has 1 saturated heterocycles. The van der Waals surface area contributed by atoms with Crippen LogP contribution in [0.15, 0.2) is 36.7 Å². The predicted octanol–water partition coefficient (Wildman–Crippen LogP) is 8.23. The van der Waals surface area contributed by atoms with Gasteiger partial charge in [0.1, 0.15) is 11.2 Å². The van der Waals surface area contributed by atoms with Gasteiger partial charge in [0.05, 0.1) is 31.7 Å². The lowest BCUT2D eigenvalue weighted by atomic mass is 9.90. The summed E-state index contributed by atoms with van der Waals surface area (Å²) in [6.07, 6.45) is -2.99. The van der Waals surface area contributed by atoms with Crippen LogP contribution in [0.5, 0.6) is 0 Å². The largest absolute Gasteiger partial charge is 0.463 e. The molecule has 0 bridgehead atoms. The zero-order chi connectivity index (χ0) is 42.9. The molecule has 1 unspecified atom stereocenters. The van der Waals surface area contributed by atoms with E-state index in [9.17, 15) is 19.2 Å².